The van der Waals surface area contributed by atoms with Crippen molar-refractivity contribution in [1.29, 1.82) is 0 Å². The molecule has 0 spiro atoms. The molecule has 136 valence electrons. The van der Waals surface area contributed by atoms with Crippen molar-refractivity contribution in [3.05, 3.63) is 28.7 Å². The van der Waals surface area contributed by atoms with Gasteiger partial charge in [-0.25, -0.2) is 12.7 Å². The molecule has 0 bridgehead atoms. The maximum atomic E-state index is 12.1. The van der Waals surface area contributed by atoms with Gasteiger partial charge in [0.2, 0.25) is 15.9 Å². The highest BCUT2D eigenvalue weighted by molar-refractivity contribution is 7.89. The highest BCUT2D eigenvalue weighted by Crippen LogP contribution is 2.10. The van der Waals surface area contributed by atoms with Gasteiger partial charge in [-0.15, -0.1) is 0 Å². The summed E-state index contributed by atoms with van der Waals surface area (Å²) in [6.45, 7) is 5.94. The number of carbonyl (C=O) groups excluding carboxylic acids is 1. The summed E-state index contributed by atoms with van der Waals surface area (Å²) in [5, 5.41) is 2.83. The Bertz CT molecular complexity index is 723. The Labute approximate surface area is 143 Å². The van der Waals surface area contributed by atoms with Gasteiger partial charge in [0.25, 0.3) is 5.56 Å². The standard InChI is InChI=1S/C16H27N3O4S/c1-12(2)6-7-13(3)17-15(20)11-19-10-14(8-9-16(19)21)24(22,23)18(4)5/h8-10,12-13H,6-7,11H2,1-5H3,(H,17,20)/t13-/m0/s1. The van der Waals surface area contributed by atoms with E-state index in [9.17, 15) is 18.0 Å². The number of amides is 1. The fourth-order valence-corrected chi connectivity index (χ4v) is 3.05. The first kappa shape index (κ1) is 20.4. The van der Waals surface area contributed by atoms with Crippen LogP contribution in [0.2, 0.25) is 0 Å². The minimum absolute atomic E-state index is 0.00397. The molecule has 0 aliphatic heterocycles. The average Bonchev–Trinajstić information content (AvgIpc) is 2.47. The molecule has 1 aromatic rings. The molecule has 0 radical (unpaired) electrons. The largest absolute Gasteiger partial charge is 0.352 e. The summed E-state index contributed by atoms with van der Waals surface area (Å²) >= 11 is 0. The molecule has 0 aromatic carbocycles. The molecule has 1 rings (SSSR count). The predicted octanol–water partition coefficient (Wildman–Crippen LogP) is 1.04. The van der Waals surface area contributed by atoms with Crippen LogP contribution in [0.1, 0.15) is 33.6 Å². The lowest BCUT2D eigenvalue weighted by Crippen LogP contribution is -2.37. The maximum absolute atomic E-state index is 12.1. The van der Waals surface area contributed by atoms with Crippen LogP contribution in [-0.2, 0) is 21.4 Å². The van der Waals surface area contributed by atoms with Gasteiger partial charge in [-0.3, -0.25) is 9.59 Å². The lowest BCUT2D eigenvalue weighted by molar-refractivity contribution is -0.122. The van der Waals surface area contributed by atoms with Crippen molar-refractivity contribution < 1.29 is 13.2 Å². The fraction of sp³-hybridized carbons (Fsp3) is 0.625. The van der Waals surface area contributed by atoms with Crippen molar-refractivity contribution in [3.63, 3.8) is 0 Å². The predicted molar refractivity (Wildman–Crippen MR) is 93.3 cm³/mol. The van der Waals surface area contributed by atoms with Crippen molar-refractivity contribution in [1.82, 2.24) is 14.2 Å². The first-order valence-corrected chi connectivity index (χ1v) is 9.40. The van der Waals surface area contributed by atoms with Gasteiger partial charge in [0, 0.05) is 32.4 Å². The molecule has 0 saturated carbocycles. The van der Waals surface area contributed by atoms with Crippen LogP contribution in [0.3, 0.4) is 0 Å². The number of nitrogens with zero attached hydrogens (tertiary/aromatic N) is 2. The molecule has 0 saturated heterocycles. The zero-order valence-electron chi connectivity index (χ0n) is 14.9. The Morgan fingerprint density at radius 2 is 1.83 bits per heavy atom. The summed E-state index contributed by atoms with van der Waals surface area (Å²) in [7, 11) is -0.830. The van der Waals surface area contributed by atoms with Crippen LogP contribution in [0.15, 0.2) is 28.0 Å². The van der Waals surface area contributed by atoms with E-state index in [1.165, 1.54) is 26.4 Å². The number of carbonyl (C=O) groups is 1. The number of hydrogen-bond donors (Lipinski definition) is 1. The van der Waals surface area contributed by atoms with Crippen molar-refractivity contribution in [2.24, 2.45) is 5.92 Å². The van der Waals surface area contributed by atoms with Crippen LogP contribution >= 0.6 is 0 Å². The molecule has 0 fully saturated rings. The van der Waals surface area contributed by atoms with E-state index in [0.29, 0.717) is 5.92 Å². The lowest BCUT2D eigenvalue weighted by atomic mass is 10.0. The van der Waals surface area contributed by atoms with Crippen molar-refractivity contribution >= 4 is 15.9 Å². The van der Waals surface area contributed by atoms with E-state index in [1.54, 1.807) is 0 Å². The topological polar surface area (TPSA) is 88.5 Å². The average molecular weight is 357 g/mol. The monoisotopic (exact) mass is 357 g/mol. The minimum atomic E-state index is -3.65. The summed E-state index contributed by atoms with van der Waals surface area (Å²) in [5.74, 6) is 0.243. The molecule has 0 aliphatic rings. The molecule has 1 heterocycles. The second-order valence-electron chi connectivity index (χ2n) is 6.56. The van der Waals surface area contributed by atoms with E-state index in [0.717, 1.165) is 27.8 Å². The minimum Gasteiger partial charge on any atom is -0.352 e. The molecule has 1 amide bonds. The fourth-order valence-electron chi connectivity index (χ4n) is 2.13. The number of pyridine rings is 1. The maximum Gasteiger partial charge on any atom is 0.251 e. The second-order valence-corrected chi connectivity index (χ2v) is 8.71. The molecule has 24 heavy (non-hydrogen) atoms. The molecular weight excluding hydrogens is 330 g/mol. The van der Waals surface area contributed by atoms with Gasteiger partial charge in [-0.05, 0) is 31.7 Å². The van der Waals surface area contributed by atoms with Crippen LogP contribution in [0.4, 0.5) is 0 Å². The van der Waals surface area contributed by atoms with E-state index in [4.69, 9.17) is 0 Å². The quantitative estimate of drug-likeness (QED) is 0.753. The summed E-state index contributed by atoms with van der Waals surface area (Å²) in [4.78, 5) is 23.9. The third-order valence-corrected chi connectivity index (χ3v) is 5.43. The molecule has 0 aliphatic carbocycles. The van der Waals surface area contributed by atoms with Crippen molar-refractivity contribution in [2.75, 3.05) is 14.1 Å². The lowest BCUT2D eigenvalue weighted by Gasteiger charge is -2.16. The second kappa shape index (κ2) is 8.43. The molecule has 8 heteroatoms. The van der Waals surface area contributed by atoms with Crippen LogP contribution in [0, 0.1) is 5.92 Å². The molecule has 1 aromatic heterocycles. The highest BCUT2D eigenvalue weighted by Gasteiger charge is 2.19. The van der Waals surface area contributed by atoms with Gasteiger partial charge in [-0.1, -0.05) is 13.8 Å². The van der Waals surface area contributed by atoms with Crippen LogP contribution in [-0.4, -0.2) is 43.3 Å². The number of rotatable bonds is 8. The van der Waals surface area contributed by atoms with Gasteiger partial charge in [0.1, 0.15) is 6.54 Å². The summed E-state index contributed by atoms with van der Waals surface area (Å²) in [5.41, 5.74) is -0.419. The molecule has 1 N–H and O–H groups in total. The van der Waals surface area contributed by atoms with E-state index in [2.05, 4.69) is 19.2 Å². The highest BCUT2D eigenvalue weighted by atomic mass is 32.2. The van der Waals surface area contributed by atoms with Crippen molar-refractivity contribution in [2.45, 2.75) is 51.1 Å². The van der Waals surface area contributed by atoms with Gasteiger partial charge in [0.05, 0.1) is 4.90 Å². The molecular formula is C16H27N3O4S. The third-order valence-electron chi connectivity index (χ3n) is 3.63. The summed E-state index contributed by atoms with van der Waals surface area (Å²) in [6.07, 6.45) is 3.06. The van der Waals surface area contributed by atoms with Crippen molar-refractivity contribution in [3.8, 4) is 0 Å². The number of sulfonamides is 1. The Balaban J connectivity index is 2.84. The van der Waals surface area contributed by atoms with Crippen LogP contribution in [0.5, 0.6) is 0 Å². The van der Waals surface area contributed by atoms with E-state index < -0.39 is 15.6 Å². The van der Waals surface area contributed by atoms with E-state index in [-0.39, 0.29) is 23.4 Å². The number of nitrogens with one attached hydrogen (secondary N) is 1. The number of aromatic nitrogens is 1. The first-order chi connectivity index (χ1) is 11.0. The summed E-state index contributed by atoms with van der Waals surface area (Å²) < 4.78 is 26.4. The first-order valence-electron chi connectivity index (χ1n) is 7.96. The van der Waals surface area contributed by atoms with E-state index >= 15 is 0 Å². The van der Waals surface area contributed by atoms with Crippen LogP contribution < -0.4 is 10.9 Å². The normalized spacial score (nSPS) is 13.3. The Morgan fingerprint density at radius 1 is 1.21 bits per heavy atom. The molecule has 1 atom stereocenters. The zero-order chi connectivity index (χ0) is 18.5. The molecule has 7 nitrogen and oxygen atoms in total. The van der Waals surface area contributed by atoms with Gasteiger partial charge >= 0.3 is 0 Å². The SMILES string of the molecule is CC(C)CC[C@H](C)NC(=O)Cn1cc(S(=O)(=O)N(C)C)ccc1=O. The molecule has 0 unspecified atom stereocenters. The Hall–Kier alpha value is -1.67. The van der Waals surface area contributed by atoms with Gasteiger partial charge in [0.15, 0.2) is 0 Å². The number of hydrogen-bond acceptors (Lipinski definition) is 4. The third kappa shape index (κ3) is 5.76. The van der Waals surface area contributed by atoms with Gasteiger partial charge in [-0.2, -0.15) is 0 Å². The smallest absolute Gasteiger partial charge is 0.251 e. The summed E-state index contributed by atoms with van der Waals surface area (Å²) in [6, 6.07) is 2.41. The van der Waals surface area contributed by atoms with Gasteiger partial charge < -0.3 is 9.88 Å². The zero-order valence-corrected chi connectivity index (χ0v) is 15.8. The Kier molecular flexibility index (Phi) is 7.16. The Morgan fingerprint density at radius 3 is 2.38 bits per heavy atom. The van der Waals surface area contributed by atoms with Crippen LogP contribution in [0.25, 0.3) is 0 Å². The van der Waals surface area contributed by atoms with E-state index in [1.807, 2.05) is 6.92 Å².